The first kappa shape index (κ1) is 11.9. The van der Waals surface area contributed by atoms with Crippen molar-refractivity contribution in [3.05, 3.63) is 24.3 Å². The van der Waals surface area contributed by atoms with E-state index >= 15 is 0 Å². The lowest BCUT2D eigenvalue weighted by molar-refractivity contribution is 0.473. The van der Waals surface area contributed by atoms with Crippen LogP contribution in [0.4, 0.5) is 5.95 Å². The number of fused-ring (bicyclic) bond motifs is 1. The van der Waals surface area contributed by atoms with Crippen LogP contribution in [0.1, 0.15) is 25.7 Å². The van der Waals surface area contributed by atoms with Crippen LogP contribution in [0.2, 0.25) is 0 Å². The average molecular weight is 261 g/mol. The number of aromatic amines is 1. The number of para-hydroxylation sites is 2. The molecule has 96 valence electrons. The molecule has 2 atom stereocenters. The molecule has 18 heavy (non-hydrogen) atoms. The predicted octanol–water partition coefficient (Wildman–Crippen LogP) is 3.65. The molecule has 0 saturated heterocycles. The fourth-order valence-electron chi connectivity index (χ4n) is 2.74. The van der Waals surface area contributed by atoms with Gasteiger partial charge in [-0.05, 0) is 31.2 Å². The van der Waals surface area contributed by atoms with Crippen molar-refractivity contribution in [3.63, 3.8) is 0 Å². The van der Waals surface area contributed by atoms with E-state index < -0.39 is 0 Å². The van der Waals surface area contributed by atoms with E-state index in [0.717, 1.165) is 17.0 Å². The molecule has 1 aliphatic rings. The van der Waals surface area contributed by atoms with Gasteiger partial charge in [0.15, 0.2) is 0 Å². The van der Waals surface area contributed by atoms with Crippen molar-refractivity contribution >= 4 is 28.7 Å². The maximum Gasteiger partial charge on any atom is 0.201 e. The van der Waals surface area contributed by atoms with Gasteiger partial charge in [-0.1, -0.05) is 25.0 Å². The Morgan fingerprint density at radius 2 is 2.11 bits per heavy atom. The highest BCUT2D eigenvalue weighted by atomic mass is 32.2. The summed E-state index contributed by atoms with van der Waals surface area (Å²) in [4.78, 5) is 7.96. The Kier molecular flexibility index (Phi) is 3.46. The van der Waals surface area contributed by atoms with Gasteiger partial charge in [-0.2, -0.15) is 11.8 Å². The molecule has 0 bridgehead atoms. The van der Waals surface area contributed by atoms with E-state index in [1.54, 1.807) is 0 Å². The molecule has 4 heteroatoms. The topological polar surface area (TPSA) is 40.7 Å². The van der Waals surface area contributed by atoms with E-state index in [1.165, 1.54) is 25.7 Å². The number of nitrogens with one attached hydrogen (secondary N) is 2. The van der Waals surface area contributed by atoms with Gasteiger partial charge < -0.3 is 10.3 Å². The third-order valence-electron chi connectivity index (χ3n) is 3.72. The van der Waals surface area contributed by atoms with E-state index in [0.29, 0.717) is 11.3 Å². The van der Waals surface area contributed by atoms with Crippen LogP contribution in [0.25, 0.3) is 11.0 Å². The highest BCUT2D eigenvalue weighted by Gasteiger charge is 2.24. The highest BCUT2D eigenvalue weighted by Crippen LogP contribution is 2.29. The van der Waals surface area contributed by atoms with Crippen LogP contribution in [-0.4, -0.2) is 27.5 Å². The lowest BCUT2D eigenvalue weighted by atomic mass is 9.95. The van der Waals surface area contributed by atoms with E-state index in [1.807, 2.05) is 30.0 Å². The Bertz CT molecular complexity index is 489. The van der Waals surface area contributed by atoms with Crippen molar-refractivity contribution < 1.29 is 0 Å². The summed E-state index contributed by atoms with van der Waals surface area (Å²) in [6, 6.07) is 8.73. The summed E-state index contributed by atoms with van der Waals surface area (Å²) in [6.45, 7) is 0. The number of hydrogen-bond donors (Lipinski definition) is 2. The van der Waals surface area contributed by atoms with Gasteiger partial charge in [0.25, 0.3) is 0 Å². The first-order chi connectivity index (χ1) is 8.86. The number of hydrogen-bond acceptors (Lipinski definition) is 3. The summed E-state index contributed by atoms with van der Waals surface area (Å²) in [5.74, 6) is 0.919. The summed E-state index contributed by atoms with van der Waals surface area (Å²) in [6.07, 6.45) is 7.48. The number of anilines is 1. The molecule has 3 rings (SSSR count). The third-order valence-corrected chi connectivity index (χ3v) is 4.89. The second-order valence-corrected chi connectivity index (χ2v) is 5.99. The van der Waals surface area contributed by atoms with Crippen LogP contribution in [0.3, 0.4) is 0 Å². The molecule has 3 nitrogen and oxygen atoms in total. The Morgan fingerprint density at radius 3 is 2.94 bits per heavy atom. The molecule has 0 spiro atoms. The molecule has 1 aromatic carbocycles. The zero-order valence-electron chi connectivity index (χ0n) is 10.6. The van der Waals surface area contributed by atoms with Crippen molar-refractivity contribution in [2.24, 2.45) is 0 Å². The van der Waals surface area contributed by atoms with E-state index in [4.69, 9.17) is 0 Å². The molecule has 0 aliphatic heterocycles. The molecule has 1 aliphatic carbocycles. The number of thioether (sulfide) groups is 1. The molecule has 1 fully saturated rings. The van der Waals surface area contributed by atoms with Gasteiger partial charge in [0, 0.05) is 11.3 Å². The van der Waals surface area contributed by atoms with Crippen LogP contribution < -0.4 is 5.32 Å². The third kappa shape index (κ3) is 2.34. The Hall–Kier alpha value is -1.16. The van der Waals surface area contributed by atoms with Gasteiger partial charge in [-0.15, -0.1) is 0 Å². The van der Waals surface area contributed by atoms with Crippen molar-refractivity contribution in [1.82, 2.24) is 9.97 Å². The quantitative estimate of drug-likeness (QED) is 0.886. The summed E-state index contributed by atoms with van der Waals surface area (Å²) in [7, 11) is 0. The Balaban J connectivity index is 1.78. The predicted molar refractivity (Wildman–Crippen MR) is 79.3 cm³/mol. The largest absolute Gasteiger partial charge is 0.352 e. The SMILES string of the molecule is CSC1CCCCC1Nc1nc2ccccc2[nH]1. The van der Waals surface area contributed by atoms with Gasteiger partial charge in [-0.25, -0.2) is 4.98 Å². The molecule has 2 unspecified atom stereocenters. The molecule has 1 aromatic heterocycles. The number of aromatic nitrogens is 2. The first-order valence-corrected chi connectivity index (χ1v) is 7.89. The van der Waals surface area contributed by atoms with Crippen LogP contribution in [-0.2, 0) is 0 Å². The second kappa shape index (κ2) is 5.22. The maximum atomic E-state index is 4.60. The van der Waals surface area contributed by atoms with Gasteiger partial charge in [0.05, 0.1) is 11.0 Å². The summed E-state index contributed by atoms with van der Waals surface area (Å²) >= 11 is 1.98. The fraction of sp³-hybridized carbons (Fsp3) is 0.500. The second-order valence-electron chi connectivity index (χ2n) is 4.91. The van der Waals surface area contributed by atoms with Crippen molar-refractivity contribution in [3.8, 4) is 0 Å². The van der Waals surface area contributed by atoms with Crippen LogP contribution in [0, 0.1) is 0 Å². The smallest absolute Gasteiger partial charge is 0.201 e. The number of nitrogens with zero attached hydrogens (tertiary/aromatic N) is 1. The molecule has 0 amide bonds. The number of benzene rings is 1. The average Bonchev–Trinajstić information content (AvgIpc) is 2.81. The number of imidazole rings is 1. The fourth-order valence-corrected chi connectivity index (χ4v) is 3.68. The lowest BCUT2D eigenvalue weighted by Crippen LogP contribution is -2.34. The van der Waals surface area contributed by atoms with E-state index in [-0.39, 0.29) is 0 Å². The van der Waals surface area contributed by atoms with Gasteiger partial charge >= 0.3 is 0 Å². The molecule has 1 heterocycles. The molecule has 2 aromatic rings. The van der Waals surface area contributed by atoms with E-state index in [2.05, 4.69) is 27.6 Å². The Morgan fingerprint density at radius 1 is 1.28 bits per heavy atom. The zero-order valence-corrected chi connectivity index (χ0v) is 11.5. The molecular weight excluding hydrogens is 242 g/mol. The minimum Gasteiger partial charge on any atom is -0.352 e. The number of rotatable bonds is 3. The maximum absolute atomic E-state index is 4.60. The van der Waals surface area contributed by atoms with Gasteiger partial charge in [0.1, 0.15) is 0 Å². The first-order valence-electron chi connectivity index (χ1n) is 6.61. The van der Waals surface area contributed by atoms with Crippen LogP contribution >= 0.6 is 11.8 Å². The van der Waals surface area contributed by atoms with Crippen molar-refractivity contribution in [1.29, 1.82) is 0 Å². The molecule has 1 saturated carbocycles. The lowest BCUT2D eigenvalue weighted by Gasteiger charge is -2.30. The molecular formula is C14H19N3S. The highest BCUT2D eigenvalue weighted by molar-refractivity contribution is 7.99. The normalized spacial score (nSPS) is 24.3. The monoisotopic (exact) mass is 261 g/mol. The van der Waals surface area contributed by atoms with Gasteiger partial charge in [-0.3, -0.25) is 0 Å². The number of H-pyrrole nitrogens is 1. The summed E-state index contributed by atoms with van der Waals surface area (Å²) < 4.78 is 0. The summed E-state index contributed by atoms with van der Waals surface area (Å²) in [5.41, 5.74) is 2.15. The van der Waals surface area contributed by atoms with Crippen molar-refractivity contribution in [2.75, 3.05) is 11.6 Å². The Labute approximate surface area is 112 Å². The van der Waals surface area contributed by atoms with Crippen LogP contribution in [0.5, 0.6) is 0 Å². The van der Waals surface area contributed by atoms with Gasteiger partial charge in [0.2, 0.25) is 5.95 Å². The molecule has 0 radical (unpaired) electrons. The van der Waals surface area contributed by atoms with E-state index in [9.17, 15) is 0 Å². The van der Waals surface area contributed by atoms with Crippen molar-refractivity contribution in [2.45, 2.75) is 37.0 Å². The minimum absolute atomic E-state index is 0.550. The zero-order chi connectivity index (χ0) is 12.4. The van der Waals surface area contributed by atoms with Crippen LogP contribution in [0.15, 0.2) is 24.3 Å². The summed E-state index contributed by atoms with van der Waals surface area (Å²) in [5, 5.41) is 4.30. The standard InChI is InChI=1S/C14H19N3S/c1-18-13-9-5-4-8-12(13)17-14-15-10-6-2-3-7-11(10)16-14/h2-3,6-7,12-13H,4-5,8-9H2,1H3,(H2,15,16,17). The molecule has 2 N–H and O–H groups in total. The minimum atomic E-state index is 0.550.